The average molecular weight is 287 g/mol. The summed E-state index contributed by atoms with van der Waals surface area (Å²) in [6.07, 6.45) is 1.57. The van der Waals surface area contributed by atoms with Crippen molar-refractivity contribution in [2.45, 2.75) is 25.3 Å². The van der Waals surface area contributed by atoms with Crippen molar-refractivity contribution in [3.63, 3.8) is 0 Å². The summed E-state index contributed by atoms with van der Waals surface area (Å²) in [5.41, 5.74) is 12.0. The van der Waals surface area contributed by atoms with Gasteiger partial charge in [-0.25, -0.2) is 0 Å². The molecule has 0 saturated heterocycles. The van der Waals surface area contributed by atoms with E-state index in [4.69, 9.17) is 32.5 Å². The number of halogens is 1. The molecule has 1 amide bonds. The SMILES string of the molecule is COc1ccc(C(N)CCCC(N)=O)c(OC)c1Cl. The summed E-state index contributed by atoms with van der Waals surface area (Å²) >= 11 is 6.16. The van der Waals surface area contributed by atoms with E-state index in [0.717, 1.165) is 5.56 Å². The van der Waals surface area contributed by atoms with Gasteiger partial charge in [0.15, 0.2) is 0 Å². The number of methoxy groups -OCH3 is 2. The van der Waals surface area contributed by atoms with Crippen molar-refractivity contribution in [3.8, 4) is 11.5 Å². The molecule has 1 unspecified atom stereocenters. The Morgan fingerprint density at radius 2 is 2.05 bits per heavy atom. The van der Waals surface area contributed by atoms with Gasteiger partial charge in [-0.3, -0.25) is 4.79 Å². The number of hydrogen-bond donors (Lipinski definition) is 2. The molecular formula is C13H19ClN2O3. The first-order valence-corrected chi connectivity index (χ1v) is 6.33. The molecule has 1 aromatic rings. The highest BCUT2D eigenvalue weighted by Crippen LogP contribution is 2.39. The third-order valence-electron chi connectivity index (χ3n) is 2.85. The van der Waals surface area contributed by atoms with Crippen LogP contribution in [0, 0.1) is 0 Å². The van der Waals surface area contributed by atoms with Crippen LogP contribution in [0.2, 0.25) is 5.02 Å². The summed E-state index contributed by atoms with van der Waals surface area (Å²) < 4.78 is 10.4. The van der Waals surface area contributed by atoms with E-state index in [1.807, 2.05) is 6.07 Å². The van der Waals surface area contributed by atoms with Crippen LogP contribution in [0.5, 0.6) is 11.5 Å². The highest BCUT2D eigenvalue weighted by atomic mass is 35.5. The average Bonchev–Trinajstić information content (AvgIpc) is 2.37. The van der Waals surface area contributed by atoms with Gasteiger partial charge in [0.2, 0.25) is 5.91 Å². The molecule has 0 saturated carbocycles. The molecule has 0 heterocycles. The van der Waals surface area contributed by atoms with E-state index >= 15 is 0 Å². The van der Waals surface area contributed by atoms with Crippen molar-refractivity contribution in [2.75, 3.05) is 14.2 Å². The fourth-order valence-electron chi connectivity index (χ4n) is 1.86. The Morgan fingerprint density at radius 1 is 1.37 bits per heavy atom. The standard InChI is InChI=1S/C13H19ClN2O3/c1-18-10-7-6-8(13(19-2)12(10)14)9(15)4-3-5-11(16)17/h6-7,9H,3-5,15H2,1-2H3,(H2,16,17). The molecule has 0 fully saturated rings. The summed E-state index contributed by atoms with van der Waals surface area (Å²) in [5.74, 6) is 0.714. The summed E-state index contributed by atoms with van der Waals surface area (Å²) in [7, 11) is 3.06. The number of rotatable bonds is 7. The van der Waals surface area contributed by atoms with Crippen molar-refractivity contribution in [3.05, 3.63) is 22.7 Å². The minimum atomic E-state index is -0.327. The van der Waals surface area contributed by atoms with E-state index < -0.39 is 0 Å². The van der Waals surface area contributed by atoms with Crippen LogP contribution in [0.25, 0.3) is 0 Å². The molecule has 0 aliphatic rings. The van der Waals surface area contributed by atoms with E-state index in [1.165, 1.54) is 14.2 Å². The minimum Gasteiger partial charge on any atom is -0.495 e. The predicted octanol–water partition coefficient (Wildman–Crippen LogP) is 2.01. The van der Waals surface area contributed by atoms with Crippen LogP contribution in [-0.4, -0.2) is 20.1 Å². The van der Waals surface area contributed by atoms with Gasteiger partial charge in [0.25, 0.3) is 0 Å². The van der Waals surface area contributed by atoms with Crippen LogP contribution < -0.4 is 20.9 Å². The lowest BCUT2D eigenvalue weighted by atomic mass is 10.0. The molecule has 0 spiro atoms. The number of carbonyl (C=O) groups excluding carboxylic acids is 1. The van der Waals surface area contributed by atoms with Crippen LogP contribution in [0.4, 0.5) is 0 Å². The largest absolute Gasteiger partial charge is 0.495 e. The molecule has 19 heavy (non-hydrogen) atoms. The smallest absolute Gasteiger partial charge is 0.217 e. The lowest BCUT2D eigenvalue weighted by Gasteiger charge is -2.18. The second-order valence-corrected chi connectivity index (χ2v) is 4.55. The third-order valence-corrected chi connectivity index (χ3v) is 3.21. The van der Waals surface area contributed by atoms with Gasteiger partial charge in [-0.15, -0.1) is 0 Å². The van der Waals surface area contributed by atoms with E-state index in [1.54, 1.807) is 6.07 Å². The fourth-order valence-corrected chi connectivity index (χ4v) is 2.19. The first-order valence-electron chi connectivity index (χ1n) is 5.95. The molecule has 1 atom stereocenters. The molecule has 1 aromatic carbocycles. The Morgan fingerprint density at radius 3 is 2.58 bits per heavy atom. The van der Waals surface area contributed by atoms with E-state index in [0.29, 0.717) is 35.8 Å². The maximum absolute atomic E-state index is 10.7. The Kier molecular flexibility index (Phi) is 5.92. The molecule has 5 nitrogen and oxygen atoms in total. The highest BCUT2D eigenvalue weighted by Gasteiger charge is 2.18. The van der Waals surface area contributed by atoms with Gasteiger partial charge in [0.1, 0.15) is 16.5 Å². The van der Waals surface area contributed by atoms with Crippen LogP contribution >= 0.6 is 11.6 Å². The van der Waals surface area contributed by atoms with Gasteiger partial charge in [-0.2, -0.15) is 0 Å². The first-order chi connectivity index (χ1) is 9.01. The topological polar surface area (TPSA) is 87.6 Å². The van der Waals surface area contributed by atoms with E-state index in [-0.39, 0.29) is 11.9 Å². The summed E-state index contributed by atoms with van der Waals surface area (Å²) in [6.45, 7) is 0. The molecule has 106 valence electrons. The number of benzene rings is 1. The van der Waals surface area contributed by atoms with Crippen molar-refractivity contribution in [1.82, 2.24) is 0 Å². The van der Waals surface area contributed by atoms with Gasteiger partial charge < -0.3 is 20.9 Å². The van der Waals surface area contributed by atoms with Crippen molar-refractivity contribution in [2.24, 2.45) is 11.5 Å². The third kappa shape index (κ3) is 4.01. The quantitative estimate of drug-likeness (QED) is 0.802. The van der Waals surface area contributed by atoms with Gasteiger partial charge >= 0.3 is 0 Å². The summed E-state index contributed by atoms with van der Waals surface area (Å²) in [4.78, 5) is 10.7. The molecule has 4 N–H and O–H groups in total. The summed E-state index contributed by atoms with van der Waals surface area (Å²) in [5, 5.41) is 0.396. The van der Waals surface area contributed by atoms with Crippen molar-refractivity contribution < 1.29 is 14.3 Å². The van der Waals surface area contributed by atoms with Crippen LogP contribution in [-0.2, 0) is 4.79 Å². The van der Waals surface area contributed by atoms with E-state index in [9.17, 15) is 4.79 Å². The molecule has 6 heteroatoms. The molecule has 0 aliphatic carbocycles. The normalized spacial score (nSPS) is 12.0. The number of nitrogens with two attached hydrogens (primary N) is 2. The second-order valence-electron chi connectivity index (χ2n) is 4.17. The zero-order chi connectivity index (χ0) is 14.4. The van der Waals surface area contributed by atoms with Gasteiger partial charge in [0.05, 0.1) is 14.2 Å². The zero-order valence-electron chi connectivity index (χ0n) is 11.1. The molecule has 1 rings (SSSR count). The minimum absolute atomic E-state index is 0.266. The number of amides is 1. The lowest BCUT2D eigenvalue weighted by Crippen LogP contribution is -2.14. The Labute approximate surface area is 117 Å². The molecule has 0 bridgehead atoms. The number of primary amides is 1. The second kappa shape index (κ2) is 7.21. The maximum Gasteiger partial charge on any atom is 0.217 e. The molecular weight excluding hydrogens is 268 g/mol. The lowest BCUT2D eigenvalue weighted by molar-refractivity contribution is -0.118. The van der Waals surface area contributed by atoms with Crippen molar-refractivity contribution in [1.29, 1.82) is 0 Å². The molecule has 0 aromatic heterocycles. The Balaban J connectivity index is 2.87. The number of hydrogen-bond acceptors (Lipinski definition) is 4. The van der Waals surface area contributed by atoms with Crippen LogP contribution in [0.3, 0.4) is 0 Å². The number of ether oxygens (including phenoxy) is 2. The van der Waals surface area contributed by atoms with Gasteiger partial charge in [-0.1, -0.05) is 11.6 Å². The van der Waals surface area contributed by atoms with E-state index in [2.05, 4.69) is 0 Å². The monoisotopic (exact) mass is 286 g/mol. The molecule has 0 radical (unpaired) electrons. The highest BCUT2D eigenvalue weighted by molar-refractivity contribution is 6.33. The van der Waals surface area contributed by atoms with Gasteiger partial charge in [-0.05, 0) is 25.0 Å². The first kappa shape index (κ1) is 15.6. The fraction of sp³-hybridized carbons (Fsp3) is 0.462. The Hall–Kier alpha value is -1.46. The Bertz CT molecular complexity index is 452. The van der Waals surface area contributed by atoms with Gasteiger partial charge in [0, 0.05) is 18.0 Å². The predicted molar refractivity (Wildman–Crippen MR) is 74.5 cm³/mol. The van der Waals surface area contributed by atoms with Crippen LogP contribution in [0.1, 0.15) is 30.9 Å². The zero-order valence-corrected chi connectivity index (χ0v) is 11.9. The molecule has 0 aliphatic heterocycles. The number of carbonyl (C=O) groups is 1. The maximum atomic E-state index is 10.7. The summed E-state index contributed by atoms with van der Waals surface area (Å²) in [6, 6.07) is 3.30. The van der Waals surface area contributed by atoms with Crippen molar-refractivity contribution >= 4 is 17.5 Å². The van der Waals surface area contributed by atoms with Crippen LogP contribution in [0.15, 0.2) is 12.1 Å².